The summed E-state index contributed by atoms with van der Waals surface area (Å²) in [5, 5.41) is 24.0. The predicted molar refractivity (Wildman–Crippen MR) is 57.9 cm³/mol. The highest BCUT2D eigenvalue weighted by Gasteiger charge is 2.39. The standard InChI is InChI=1S/C10H11N3O5/c14-5-3-7(10(17)18)13(4-5)9(16)6-1-2-8(15)12-11-6/h1-2,5,7,14H,3-4H2,(H,12,15)(H,17,18)/t5-,7-/m0/s1. The molecular formula is C10H11N3O5. The minimum Gasteiger partial charge on any atom is -0.480 e. The third-order valence-corrected chi connectivity index (χ3v) is 2.72. The maximum atomic E-state index is 12.0. The van der Waals surface area contributed by atoms with Gasteiger partial charge in [-0.05, 0) is 6.07 Å². The molecule has 1 saturated heterocycles. The summed E-state index contributed by atoms with van der Waals surface area (Å²) in [4.78, 5) is 34.8. The predicted octanol–water partition coefficient (Wildman–Crippen LogP) is -1.57. The lowest BCUT2D eigenvalue weighted by Gasteiger charge is -2.20. The maximum Gasteiger partial charge on any atom is 0.326 e. The van der Waals surface area contributed by atoms with E-state index in [-0.39, 0.29) is 18.7 Å². The van der Waals surface area contributed by atoms with Crippen molar-refractivity contribution < 1.29 is 19.8 Å². The second-order valence-electron chi connectivity index (χ2n) is 4.01. The molecule has 96 valence electrons. The number of amides is 1. The molecule has 0 unspecified atom stereocenters. The Morgan fingerprint density at radius 1 is 1.44 bits per heavy atom. The molecule has 0 radical (unpaired) electrons. The molecule has 0 aromatic carbocycles. The van der Waals surface area contributed by atoms with E-state index in [0.29, 0.717) is 0 Å². The van der Waals surface area contributed by atoms with Crippen molar-refractivity contribution in [3.63, 3.8) is 0 Å². The number of hydrogen-bond donors (Lipinski definition) is 3. The fraction of sp³-hybridized carbons (Fsp3) is 0.400. The number of likely N-dealkylation sites (tertiary alicyclic amines) is 1. The fourth-order valence-electron chi connectivity index (χ4n) is 1.88. The summed E-state index contributed by atoms with van der Waals surface area (Å²) < 4.78 is 0. The number of H-pyrrole nitrogens is 1. The van der Waals surface area contributed by atoms with Crippen LogP contribution in [0.4, 0.5) is 0 Å². The average molecular weight is 253 g/mol. The zero-order chi connectivity index (χ0) is 13.3. The van der Waals surface area contributed by atoms with Gasteiger partial charge in [-0.2, -0.15) is 5.10 Å². The van der Waals surface area contributed by atoms with E-state index in [1.54, 1.807) is 0 Å². The van der Waals surface area contributed by atoms with Crippen LogP contribution in [0.1, 0.15) is 16.9 Å². The van der Waals surface area contributed by atoms with E-state index in [1.165, 1.54) is 6.07 Å². The van der Waals surface area contributed by atoms with Crippen molar-refractivity contribution in [1.82, 2.24) is 15.1 Å². The number of carboxylic acids is 1. The maximum absolute atomic E-state index is 12.0. The first-order valence-corrected chi connectivity index (χ1v) is 5.26. The lowest BCUT2D eigenvalue weighted by atomic mass is 10.2. The zero-order valence-electron chi connectivity index (χ0n) is 9.24. The van der Waals surface area contributed by atoms with Gasteiger partial charge >= 0.3 is 5.97 Å². The van der Waals surface area contributed by atoms with Crippen molar-refractivity contribution >= 4 is 11.9 Å². The van der Waals surface area contributed by atoms with Crippen LogP contribution in [0.3, 0.4) is 0 Å². The number of aliphatic carboxylic acids is 1. The van der Waals surface area contributed by atoms with Gasteiger partial charge < -0.3 is 15.1 Å². The molecule has 3 N–H and O–H groups in total. The van der Waals surface area contributed by atoms with E-state index in [2.05, 4.69) is 10.2 Å². The van der Waals surface area contributed by atoms with E-state index < -0.39 is 29.6 Å². The molecule has 2 atom stereocenters. The lowest BCUT2D eigenvalue weighted by molar-refractivity contribution is -0.141. The van der Waals surface area contributed by atoms with E-state index in [1.807, 2.05) is 0 Å². The second kappa shape index (κ2) is 4.57. The first kappa shape index (κ1) is 12.2. The van der Waals surface area contributed by atoms with Crippen molar-refractivity contribution in [2.75, 3.05) is 6.54 Å². The van der Waals surface area contributed by atoms with Crippen LogP contribution in [0.5, 0.6) is 0 Å². The second-order valence-corrected chi connectivity index (χ2v) is 4.01. The van der Waals surface area contributed by atoms with Crippen LogP contribution in [0.25, 0.3) is 0 Å². The van der Waals surface area contributed by atoms with Crippen LogP contribution >= 0.6 is 0 Å². The summed E-state index contributed by atoms with van der Waals surface area (Å²) in [7, 11) is 0. The number of carbonyl (C=O) groups excluding carboxylic acids is 1. The Morgan fingerprint density at radius 3 is 2.72 bits per heavy atom. The molecule has 0 saturated carbocycles. The molecule has 0 bridgehead atoms. The van der Waals surface area contributed by atoms with Gasteiger partial charge in [-0.15, -0.1) is 0 Å². The molecule has 1 amide bonds. The summed E-state index contributed by atoms with van der Waals surface area (Å²) >= 11 is 0. The van der Waals surface area contributed by atoms with Crippen molar-refractivity contribution in [2.24, 2.45) is 0 Å². The molecule has 2 rings (SSSR count). The number of carbonyl (C=O) groups is 2. The molecular weight excluding hydrogens is 242 g/mol. The zero-order valence-corrected chi connectivity index (χ0v) is 9.24. The number of nitrogens with one attached hydrogen (secondary N) is 1. The Bertz CT molecular complexity index is 520. The minimum atomic E-state index is -1.18. The van der Waals surface area contributed by atoms with Gasteiger partial charge in [0.1, 0.15) is 11.7 Å². The summed E-state index contributed by atoms with van der Waals surface area (Å²) in [5.74, 6) is -1.81. The molecule has 1 fully saturated rings. The highest BCUT2D eigenvalue weighted by molar-refractivity contribution is 5.95. The van der Waals surface area contributed by atoms with Crippen molar-refractivity contribution in [2.45, 2.75) is 18.6 Å². The number of β-amino-alcohol motifs (C(OH)–C–C–N with tert-alkyl or cyclic N) is 1. The summed E-state index contributed by atoms with van der Waals surface area (Å²) in [5.41, 5.74) is -0.516. The number of rotatable bonds is 2. The topological polar surface area (TPSA) is 124 Å². The van der Waals surface area contributed by atoms with E-state index in [0.717, 1.165) is 11.0 Å². The van der Waals surface area contributed by atoms with Crippen molar-refractivity contribution in [3.05, 3.63) is 28.2 Å². The fourth-order valence-corrected chi connectivity index (χ4v) is 1.88. The summed E-state index contributed by atoms with van der Waals surface area (Å²) in [6.45, 7) is -0.0589. The molecule has 2 heterocycles. The Kier molecular flexibility index (Phi) is 3.11. The molecule has 1 aromatic heterocycles. The lowest BCUT2D eigenvalue weighted by Crippen LogP contribution is -2.41. The minimum absolute atomic E-state index is 0.00950. The molecule has 8 heteroatoms. The first-order chi connectivity index (χ1) is 8.49. The Labute approximate surface area is 101 Å². The van der Waals surface area contributed by atoms with E-state index >= 15 is 0 Å². The van der Waals surface area contributed by atoms with Crippen LogP contribution in [-0.4, -0.2) is 55.9 Å². The Hall–Kier alpha value is -2.22. The van der Waals surface area contributed by atoms with E-state index in [9.17, 15) is 19.5 Å². The molecule has 0 spiro atoms. The van der Waals surface area contributed by atoms with Gasteiger partial charge in [-0.25, -0.2) is 9.89 Å². The van der Waals surface area contributed by atoms with Gasteiger partial charge in [0, 0.05) is 19.0 Å². The SMILES string of the molecule is O=C(O)[C@@H]1C[C@H](O)CN1C(=O)c1ccc(=O)[nH]n1. The molecule has 1 aliphatic rings. The van der Waals surface area contributed by atoms with Crippen molar-refractivity contribution in [1.29, 1.82) is 0 Å². The third kappa shape index (κ3) is 2.23. The quantitative estimate of drug-likeness (QED) is 0.585. The van der Waals surface area contributed by atoms with Crippen LogP contribution in [0, 0.1) is 0 Å². The average Bonchev–Trinajstić information content (AvgIpc) is 2.71. The smallest absolute Gasteiger partial charge is 0.326 e. The van der Waals surface area contributed by atoms with Gasteiger partial charge in [0.25, 0.3) is 11.5 Å². The van der Waals surface area contributed by atoms with Crippen LogP contribution < -0.4 is 5.56 Å². The third-order valence-electron chi connectivity index (χ3n) is 2.72. The number of aromatic nitrogens is 2. The number of aliphatic hydroxyl groups is 1. The monoisotopic (exact) mass is 253 g/mol. The molecule has 1 aromatic rings. The Morgan fingerprint density at radius 2 is 2.17 bits per heavy atom. The number of aliphatic hydroxyl groups excluding tert-OH is 1. The van der Waals surface area contributed by atoms with E-state index in [4.69, 9.17) is 5.11 Å². The number of hydrogen-bond acceptors (Lipinski definition) is 5. The summed E-state index contributed by atoms with van der Waals surface area (Å²) in [6, 6.07) is 1.27. The first-order valence-electron chi connectivity index (χ1n) is 5.26. The highest BCUT2D eigenvalue weighted by atomic mass is 16.4. The van der Waals surface area contributed by atoms with Gasteiger partial charge in [0.05, 0.1) is 6.10 Å². The van der Waals surface area contributed by atoms with Gasteiger partial charge in [0.15, 0.2) is 0 Å². The molecule has 18 heavy (non-hydrogen) atoms. The Balaban J connectivity index is 2.25. The largest absolute Gasteiger partial charge is 0.480 e. The van der Waals surface area contributed by atoms with Gasteiger partial charge in [-0.3, -0.25) is 9.59 Å². The number of aromatic amines is 1. The van der Waals surface area contributed by atoms with Crippen LogP contribution in [0.2, 0.25) is 0 Å². The molecule has 1 aliphatic heterocycles. The van der Waals surface area contributed by atoms with Gasteiger partial charge in [-0.1, -0.05) is 0 Å². The number of nitrogens with zero attached hydrogens (tertiary/aromatic N) is 2. The number of carboxylic acid groups (broad SMARTS) is 1. The van der Waals surface area contributed by atoms with Crippen LogP contribution in [0.15, 0.2) is 16.9 Å². The van der Waals surface area contributed by atoms with Gasteiger partial charge in [0.2, 0.25) is 0 Å². The molecule has 8 nitrogen and oxygen atoms in total. The summed E-state index contributed by atoms with van der Waals surface area (Å²) in [6.07, 6.45) is -0.873. The normalized spacial score (nSPS) is 23.1. The van der Waals surface area contributed by atoms with Crippen molar-refractivity contribution in [3.8, 4) is 0 Å². The highest BCUT2D eigenvalue weighted by Crippen LogP contribution is 2.19. The van der Waals surface area contributed by atoms with Crippen LogP contribution in [-0.2, 0) is 4.79 Å². The molecule has 0 aliphatic carbocycles.